The van der Waals surface area contributed by atoms with E-state index in [-0.39, 0.29) is 18.9 Å². The second kappa shape index (κ2) is 9.86. The Labute approximate surface area is 198 Å². The van der Waals surface area contributed by atoms with E-state index in [4.69, 9.17) is 16.3 Å². The number of aromatic amines is 1. The Morgan fingerprint density at radius 3 is 2.35 bits per heavy atom. The van der Waals surface area contributed by atoms with Crippen LogP contribution in [0.25, 0.3) is 16.8 Å². The number of aliphatic hydroxyl groups is 1. The van der Waals surface area contributed by atoms with E-state index in [9.17, 15) is 18.3 Å². The Morgan fingerprint density at radius 2 is 1.74 bits per heavy atom. The standard InChI is InChI=1S/C23H21ClF3N5O2/c1-13-3-5-14(6-4-13)17-18(21-29-31-32-30-21)22(33)28-20(19(17)24)15-7-9-16(10-8-15)34-12-2-11-23(25,26)27/h3-10,22,28,33H,2,11-12H2,1H3,(H,29,30,31,32). The molecule has 178 valence electrons. The second-order valence-corrected chi connectivity index (χ2v) is 8.10. The van der Waals surface area contributed by atoms with Crippen LogP contribution in [-0.2, 0) is 0 Å². The maximum absolute atomic E-state index is 12.3. The van der Waals surface area contributed by atoms with Gasteiger partial charge in [0, 0.05) is 12.0 Å². The quantitative estimate of drug-likeness (QED) is 0.416. The SMILES string of the molecule is Cc1ccc(C2=C(c3nn[nH]n3)C(O)NC(c3ccc(OCCCC(F)(F)F)cc3)=C2Cl)cc1. The number of nitrogens with zero attached hydrogens (tertiary/aromatic N) is 3. The summed E-state index contributed by atoms with van der Waals surface area (Å²) in [5.41, 5.74) is 3.88. The minimum absolute atomic E-state index is 0.0480. The molecular formula is C23H21ClF3N5O2. The fourth-order valence-corrected chi connectivity index (χ4v) is 3.93. The van der Waals surface area contributed by atoms with Crippen molar-refractivity contribution in [3.05, 3.63) is 76.1 Å². The molecule has 0 aliphatic carbocycles. The van der Waals surface area contributed by atoms with Crippen molar-refractivity contribution in [3.8, 4) is 5.75 Å². The summed E-state index contributed by atoms with van der Waals surface area (Å²) < 4.78 is 42.3. The molecule has 0 fully saturated rings. The smallest absolute Gasteiger partial charge is 0.389 e. The summed E-state index contributed by atoms with van der Waals surface area (Å²) >= 11 is 6.84. The highest BCUT2D eigenvalue weighted by Gasteiger charge is 2.31. The van der Waals surface area contributed by atoms with Crippen molar-refractivity contribution in [1.82, 2.24) is 25.9 Å². The molecule has 34 heavy (non-hydrogen) atoms. The Balaban J connectivity index is 1.65. The maximum atomic E-state index is 12.3. The molecule has 0 amide bonds. The third-order valence-corrected chi connectivity index (χ3v) is 5.58. The Kier molecular flexibility index (Phi) is 6.90. The van der Waals surface area contributed by atoms with Crippen molar-refractivity contribution in [3.63, 3.8) is 0 Å². The van der Waals surface area contributed by atoms with Crippen LogP contribution in [0.15, 0.2) is 53.6 Å². The van der Waals surface area contributed by atoms with Gasteiger partial charge in [-0.3, -0.25) is 0 Å². The van der Waals surface area contributed by atoms with Gasteiger partial charge >= 0.3 is 6.18 Å². The lowest BCUT2D eigenvalue weighted by atomic mass is 9.92. The third-order valence-electron chi connectivity index (χ3n) is 5.21. The van der Waals surface area contributed by atoms with Gasteiger partial charge in [0.1, 0.15) is 5.75 Å². The third kappa shape index (κ3) is 5.40. The van der Waals surface area contributed by atoms with Crippen molar-refractivity contribution in [2.45, 2.75) is 32.2 Å². The molecule has 1 aliphatic heterocycles. The zero-order valence-corrected chi connectivity index (χ0v) is 18.8. The number of aryl methyl sites for hydroxylation is 1. The molecule has 7 nitrogen and oxygen atoms in total. The Morgan fingerprint density at radius 1 is 1.06 bits per heavy atom. The fraction of sp³-hybridized carbons (Fsp3) is 0.261. The molecule has 0 saturated heterocycles. The van der Waals surface area contributed by atoms with Crippen molar-refractivity contribution in [2.75, 3.05) is 6.61 Å². The van der Waals surface area contributed by atoms with Gasteiger partial charge in [-0.05, 0) is 54.0 Å². The van der Waals surface area contributed by atoms with Gasteiger partial charge in [-0.1, -0.05) is 41.4 Å². The number of allylic oxidation sites excluding steroid dienone is 2. The number of nitrogens with one attached hydrogen (secondary N) is 2. The molecule has 2 aromatic carbocycles. The van der Waals surface area contributed by atoms with E-state index in [1.165, 1.54) is 0 Å². The average Bonchev–Trinajstić information content (AvgIpc) is 3.33. The van der Waals surface area contributed by atoms with E-state index < -0.39 is 18.8 Å². The molecule has 1 aromatic heterocycles. The Hall–Kier alpha value is -3.37. The number of alkyl halides is 3. The molecule has 11 heteroatoms. The van der Waals surface area contributed by atoms with Crippen molar-refractivity contribution < 1.29 is 23.0 Å². The molecule has 4 rings (SSSR count). The van der Waals surface area contributed by atoms with Crippen LogP contribution < -0.4 is 10.1 Å². The molecule has 3 N–H and O–H groups in total. The summed E-state index contributed by atoms with van der Waals surface area (Å²) in [5, 5.41) is 28.2. The average molecular weight is 492 g/mol. The van der Waals surface area contributed by atoms with E-state index in [2.05, 4.69) is 25.9 Å². The number of dihydropyridines is 1. The molecule has 3 aromatic rings. The lowest BCUT2D eigenvalue weighted by Gasteiger charge is -2.28. The molecule has 1 unspecified atom stereocenters. The highest BCUT2D eigenvalue weighted by atomic mass is 35.5. The molecule has 0 radical (unpaired) electrons. The summed E-state index contributed by atoms with van der Waals surface area (Å²) in [6.45, 7) is 1.92. The van der Waals surface area contributed by atoms with Crippen LogP contribution in [0.2, 0.25) is 0 Å². The largest absolute Gasteiger partial charge is 0.494 e. The van der Waals surface area contributed by atoms with Crippen molar-refractivity contribution in [1.29, 1.82) is 0 Å². The van der Waals surface area contributed by atoms with Gasteiger partial charge in [0.05, 0.1) is 22.9 Å². The van der Waals surface area contributed by atoms with Crippen LogP contribution in [-0.4, -0.2) is 44.7 Å². The minimum Gasteiger partial charge on any atom is -0.494 e. The number of H-pyrrole nitrogens is 1. The lowest BCUT2D eigenvalue weighted by molar-refractivity contribution is -0.136. The summed E-state index contributed by atoms with van der Waals surface area (Å²) in [6.07, 6.45) is -6.40. The molecule has 2 heterocycles. The first-order chi connectivity index (χ1) is 16.2. The zero-order chi connectivity index (χ0) is 24.3. The van der Waals surface area contributed by atoms with Crippen LogP contribution in [0.1, 0.15) is 35.4 Å². The van der Waals surface area contributed by atoms with Gasteiger partial charge in [-0.25, -0.2) is 0 Å². The van der Waals surface area contributed by atoms with Gasteiger partial charge in [0.2, 0.25) is 5.82 Å². The summed E-state index contributed by atoms with van der Waals surface area (Å²) in [7, 11) is 0. The minimum atomic E-state index is -4.20. The van der Waals surface area contributed by atoms with Crippen LogP contribution >= 0.6 is 11.6 Å². The number of halogens is 4. The number of ether oxygens (including phenoxy) is 1. The van der Waals surface area contributed by atoms with Crippen molar-refractivity contribution in [2.24, 2.45) is 0 Å². The predicted octanol–water partition coefficient (Wildman–Crippen LogP) is 4.67. The van der Waals surface area contributed by atoms with Crippen LogP contribution in [0, 0.1) is 6.92 Å². The number of aliphatic hydroxyl groups excluding tert-OH is 1. The van der Waals surface area contributed by atoms with Crippen LogP contribution in [0.4, 0.5) is 13.2 Å². The van der Waals surface area contributed by atoms with Crippen molar-refractivity contribution >= 4 is 28.4 Å². The van der Waals surface area contributed by atoms with Crippen LogP contribution in [0.5, 0.6) is 5.75 Å². The normalized spacial score (nSPS) is 16.6. The molecular weight excluding hydrogens is 471 g/mol. The van der Waals surface area contributed by atoms with E-state index in [1.807, 2.05) is 31.2 Å². The Bertz CT molecular complexity index is 1190. The maximum Gasteiger partial charge on any atom is 0.389 e. The fourth-order valence-electron chi connectivity index (χ4n) is 3.56. The number of rotatable bonds is 7. The molecule has 1 aliphatic rings. The first kappa shape index (κ1) is 23.8. The number of tetrazole rings is 1. The molecule has 0 bridgehead atoms. The molecule has 0 spiro atoms. The van der Waals surface area contributed by atoms with E-state index in [1.54, 1.807) is 24.3 Å². The zero-order valence-electron chi connectivity index (χ0n) is 18.0. The second-order valence-electron chi connectivity index (χ2n) is 7.72. The van der Waals surface area contributed by atoms with E-state index in [0.717, 1.165) is 11.1 Å². The van der Waals surface area contributed by atoms with Crippen LogP contribution in [0.3, 0.4) is 0 Å². The number of hydrogen-bond donors (Lipinski definition) is 3. The number of aromatic nitrogens is 4. The monoisotopic (exact) mass is 491 g/mol. The summed E-state index contributed by atoms with van der Waals surface area (Å²) in [6, 6.07) is 14.3. The molecule has 0 saturated carbocycles. The van der Waals surface area contributed by atoms with Gasteiger partial charge in [-0.15, -0.1) is 10.2 Å². The highest BCUT2D eigenvalue weighted by molar-refractivity contribution is 6.42. The van der Waals surface area contributed by atoms with E-state index >= 15 is 0 Å². The summed E-state index contributed by atoms with van der Waals surface area (Å²) in [5.74, 6) is 0.635. The highest BCUT2D eigenvalue weighted by Crippen LogP contribution is 2.41. The summed E-state index contributed by atoms with van der Waals surface area (Å²) in [4.78, 5) is 0. The van der Waals surface area contributed by atoms with Gasteiger partial charge < -0.3 is 15.2 Å². The first-order valence-electron chi connectivity index (χ1n) is 10.4. The molecule has 1 atom stereocenters. The predicted molar refractivity (Wildman–Crippen MR) is 121 cm³/mol. The van der Waals surface area contributed by atoms with E-state index in [0.29, 0.717) is 33.2 Å². The number of hydrogen-bond acceptors (Lipinski definition) is 6. The van der Waals surface area contributed by atoms with Gasteiger partial charge in [0.15, 0.2) is 6.23 Å². The van der Waals surface area contributed by atoms with Gasteiger partial charge in [0.25, 0.3) is 0 Å². The lowest BCUT2D eigenvalue weighted by Crippen LogP contribution is -2.33. The van der Waals surface area contributed by atoms with Gasteiger partial charge in [-0.2, -0.15) is 18.4 Å². The first-order valence-corrected chi connectivity index (χ1v) is 10.8. The number of benzene rings is 2. The topological polar surface area (TPSA) is 96.0 Å².